The van der Waals surface area contributed by atoms with Crippen LogP contribution >= 0.6 is 22.6 Å². The predicted octanol–water partition coefficient (Wildman–Crippen LogP) is 4.24. The van der Waals surface area contributed by atoms with E-state index in [0.29, 0.717) is 12.5 Å². The maximum Gasteiger partial charge on any atom is 0.122 e. The lowest BCUT2D eigenvalue weighted by atomic mass is 9.94. The van der Waals surface area contributed by atoms with Crippen molar-refractivity contribution >= 4 is 22.6 Å². The molecule has 1 atom stereocenters. The Hall–Kier alpha value is -1.23. The normalized spacial score (nSPS) is 17.4. The van der Waals surface area contributed by atoms with Crippen LogP contribution in [0.4, 0.5) is 0 Å². The van der Waals surface area contributed by atoms with E-state index in [1.54, 1.807) is 0 Å². The third-order valence-corrected chi connectivity index (χ3v) is 4.00. The van der Waals surface area contributed by atoms with Gasteiger partial charge in [0.25, 0.3) is 0 Å². The van der Waals surface area contributed by atoms with Crippen LogP contribution in [0, 0.1) is 3.57 Å². The van der Waals surface area contributed by atoms with Crippen molar-refractivity contribution in [2.24, 2.45) is 0 Å². The summed E-state index contributed by atoms with van der Waals surface area (Å²) in [5, 5.41) is 0. The summed E-state index contributed by atoms with van der Waals surface area (Å²) in [6.07, 6.45) is 1.01. The number of hydrogen-bond donors (Lipinski definition) is 0. The molecule has 2 nitrogen and oxygen atoms in total. The molecule has 0 saturated heterocycles. The van der Waals surface area contributed by atoms with Gasteiger partial charge in [-0.2, -0.15) is 0 Å². The highest BCUT2D eigenvalue weighted by atomic mass is 127. The highest BCUT2D eigenvalue weighted by Gasteiger charge is 2.21. The van der Waals surface area contributed by atoms with E-state index in [2.05, 4.69) is 46.9 Å². The number of para-hydroxylation sites is 1. The molecule has 0 aromatic heterocycles. The molecule has 1 unspecified atom stereocenters. The lowest BCUT2D eigenvalue weighted by molar-refractivity contribution is 0.217. The second-order valence-electron chi connectivity index (χ2n) is 4.64. The zero-order valence-electron chi connectivity index (χ0n) is 10.5. The highest BCUT2D eigenvalue weighted by Crippen LogP contribution is 2.33. The lowest BCUT2D eigenvalue weighted by Crippen LogP contribution is -2.19. The highest BCUT2D eigenvalue weighted by molar-refractivity contribution is 14.1. The minimum Gasteiger partial charge on any atom is -0.493 e. The summed E-state index contributed by atoms with van der Waals surface area (Å²) >= 11 is 2.30. The maximum atomic E-state index is 5.92. The Morgan fingerprint density at radius 3 is 2.95 bits per heavy atom. The van der Waals surface area contributed by atoms with E-state index in [4.69, 9.17) is 9.47 Å². The predicted molar refractivity (Wildman–Crippen MR) is 83.9 cm³/mol. The molecule has 98 valence electrons. The monoisotopic (exact) mass is 366 g/mol. The molecule has 19 heavy (non-hydrogen) atoms. The van der Waals surface area contributed by atoms with Crippen molar-refractivity contribution in [1.82, 2.24) is 0 Å². The van der Waals surface area contributed by atoms with Crippen LogP contribution in [-0.4, -0.2) is 13.2 Å². The fourth-order valence-electron chi connectivity index (χ4n) is 2.34. The molecule has 0 fully saturated rings. The van der Waals surface area contributed by atoms with E-state index in [9.17, 15) is 0 Å². The summed E-state index contributed by atoms with van der Waals surface area (Å²) < 4.78 is 12.8. The fraction of sp³-hybridized carbons (Fsp3) is 0.250. The van der Waals surface area contributed by atoms with E-state index in [1.165, 1.54) is 9.13 Å². The SMILES string of the molecule is Ic1cccc(OCC2CCOc3ccccc32)c1. The second-order valence-corrected chi connectivity index (χ2v) is 5.89. The van der Waals surface area contributed by atoms with Gasteiger partial charge in [-0.15, -0.1) is 0 Å². The van der Waals surface area contributed by atoms with Gasteiger partial charge in [-0.25, -0.2) is 0 Å². The first-order valence-corrected chi connectivity index (χ1v) is 7.51. The van der Waals surface area contributed by atoms with Gasteiger partial charge in [0.05, 0.1) is 13.2 Å². The van der Waals surface area contributed by atoms with E-state index in [0.717, 1.165) is 24.5 Å². The van der Waals surface area contributed by atoms with Gasteiger partial charge in [0.1, 0.15) is 11.5 Å². The molecule has 0 saturated carbocycles. The number of halogens is 1. The summed E-state index contributed by atoms with van der Waals surface area (Å²) in [7, 11) is 0. The van der Waals surface area contributed by atoms with Crippen LogP contribution in [0.15, 0.2) is 48.5 Å². The van der Waals surface area contributed by atoms with Gasteiger partial charge in [0.15, 0.2) is 0 Å². The Kier molecular flexibility index (Phi) is 3.92. The van der Waals surface area contributed by atoms with Gasteiger partial charge in [-0.05, 0) is 53.3 Å². The molecular weight excluding hydrogens is 351 g/mol. The molecule has 0 aliphatic carbocycles. The van der Waals surface area contributed by atoms with Crippen molar-refractivity contribution in [2.75, 3.05) is 13.2 Å². The van der Waals surface area contributed by atoms with E-state index < -0.39 is 0 Å². The first kappa shape index (κ1) is 12.8. The van der Waals surface area contributed by atoms with Crippen molar-refractivity contribution in [2.45, 2.75) is 12.3 Å². The van der Waals surface area contributed by atoms with Gasteiger partial charge >= 0.3 is 0 Å². The Morgan fingerprint density at radius 1 is 1.16 bits per heavy atom. The second kappa shape index (κ2) is 5.82. The molecule has 1 aliphatic heterocycles. The van der Waals surface area contributed by atoms with Crippen LogP contribution in [-0.2, 0) is 0 Å². The Bertz CT molecular complexity index is 568. The molecule has 0 spiro atoms. The molecule has 3 heteroatoms. The molecular formula is C16H15IO2. The van der Waals surface area contributed by atoms with Crippen molar-refractivity contribution < 1.29 is 9.47 Å². The van der Waals surface area contributed by atoms with Crippen LogP contribution in [0.5, 0.6) is 11.5 Å². The van der Waals surface area contributed by atoms with E-state index >= 15 is 0 Å². The average molecular weight is 366 g/mol. The molecule has 0 amide bonds. The third kappa shape index (κ3) is 3.03. The third-order valence-electron chi connectivity index (χ3n) is 3.33. The van der Waals surface area contributed by atoms with Crippen LogP contribution in [0.25, 0.3) is 0 Å². The molecule has 0 N–H and O–H groups in total. The van der Waals surface area contributed by atoms with Gasteiger partial charge in [0.2, 0.25) is 0 Å². The van der Waals surface area contributed by atoms with Gasteiger partial charge in [-0.3, -0.25) is 0 Å². The average Bonchev–Trinajstić information content (AvgIpc) is 2.45. The maximum absolute atomic E-state index is 5.92. The zero-order valence-corrected chi connectivity index (χ0v) is 12.7. The van der Waals surface area contributed by atoms with Crippen molar-refractivity contribution in [1.29, 1.82) is 0 Å². The Labute approximate surface area is 126 Å². The van der Waals surface area contributed by atoms with Crippen LogP contribution in [0.1, 0.15) is 17.9 Å². The van der Waals surface area contributed by atoms with Gasteiger partial charge < -0.3 is 9.47 Å². The van der Waals surface area contributed by atoms with Crippen LogP contribution in [0.3, 0.4) is 0 Å². The smallest absolute Gasteiger partial charge is 0.122 e. The zero-order chi connectivity index (χ0) is 13.1. The summed E-state index contributed by atoms with van der Waals surface area (Å²) in [6, 6.07) is 16.4. The number of fused-ring (bicyclic) bond motifs is 1. The molecule has 3 rings (SSSR count). The summed E-state index contributed by atoms with van der Waals surface area (Å²) in [5.74, 6) is 2.36. The molecule has 1 heterocycles. The first-order valence-electron chi connectivity index (χ1n) is 6.43. The van der Waals surface area contributed by atoms with Gasteiger partial charge in [-0.1, -0.05) is 24.3 Å². The number of ether oxygens (including phenoxy) is 2. The Balaban J connectivity index is 1.71. The molecule has 0 radical (unpaired) electrons. The van der Waals surface area contributed by atoms with E-state index in [-0.39, 0.29) is 0 Å². The molecule has 2 aromatic carbocycles. The molecule has 2 aromatic rings. The standard InChI is InChI=1S/C16H15IO2/c17-13-4-3-5-14(10-13)19-11-12-8-9-18-16-7-2-1-6-15(12)16/h1-7,10,12H,8-9,11H2. The minimum absolute atomic E-state index is 0.419. The minimum atomic E-state index is 0.419. The number of hydrogen-bond acceptors (Lipinski definition) is 2. The molecule has 0 bridgehead atoms. The topological polar surface area (TPSA) is 18.5 Å². The summed E-state index contributed by atoms with van der Waals surface area (Å²) in [4.78, 5) is 0. The largest absolute Gasteiger partial charge is 0.493 e. The summed E-state index contributed by atoms with van der Waals surface area (Å²) in [5.41, 5.74) is 1.26. The number of rotatable bonds is 3. The first-order chi connectivity index (χ1) is 9.33. The van der Waals surface area contributed by atoms with Crippen LogP contribution in [0.2, 0.25) is 0 Å². The lowest BCUT2D eigenvalue weighted by Gasteiger charge is -2.25. The van der Waals surface area contributed by atoms with Crippen molar-refractivity contribution in [3.05, 3.63) is 57.7 Å². The van der Waals surface area contributed by atoms with Crippen LogP contribution < -0.4 is 9.47 Å². The van der Waals surface area contributed by atoms with E-state index in [1.807, 2.05) is 24.3 Å². The Morgan fingerprint density at radius 2 is 2.05 bits per heavy atom. The number of benzene rings is 2. The van der Waals surface area contributed by atoms with Crippen molar-refractivity contribution in [3.63, 3.8) is 0 Å². The fourth-order valence-corrected chi connectivity index (χ4v) is 2.86. The molecule has 1 aliphatic rings. The summed E-state index contributed by atoms with van der Waals surface area (Å²) in [6.45, 7) is 1.48. The quantitative estimate of drug-likeness (QED) is 0.757. The van der Waals surface area contributed by atoms with Gasteiger partial charge in [0, 0.05) is 15.1 Å². The van der Waals surface area contributed by atoms with Crippen molar-refractivity contribution in [3.8, 4) is 11.5 Å².